The molecule has 0 bridgehead atoms. The molecule has 22 heavy (non-hydrogen) atoms. The SMILES string of the molecule is CSCC[C@H](N)C(=O)O.Cl.NC(N)=NCCC[C@H](N)C(=O)O. The van der Waals surface area contributed by atoms with E-state index < -0.39 is 24.0 Å². The standard InChI is InChI=1S/C6H14N4O2.C5H11NO2S.ClH/c7-4(5(11)12)2-1-3-10-6(8)9;1-9-3-2-4(6)5(7)8;/h4H,1-3,7H2,(H,11,12)(H4,8,9,10);4H,2-3,6H2,1H3,(H,7,8);1H/t2*4-;/m00./s1. The smallest absolute Gasteiger partial charge is 0.320 e. The maximum atomic E-state index is 10.2. The van der Waals surface area contributed by atoms with E-state index in [0.29, 0.717) is 25.8 Å². The highest BCUT2D eigenvalue weighted by molar-refractivity contribution is 7.98. The molecule has 0 aliphatic carbocycles. The topological polar surface area (TPSA) is 191 Å². The van der Waals surface area contributed by atoms with Crippen molar-refractivity contribution < 1.29 is 19.8 Å². The molecule has 0 aromatic carbocycles. The highest BCUT2D eigenvalue weighted by Crippen LogP contribution is 1.97. The molecule has 9 nitrogen and oxygen atoms in total. The van der Waals surface area contributed by atoms with Crippen LogP contribution >= 0.6 is 24.2 Å². The molecule has 0 rings (SSSR count). The third-order valence-corrected chi connectivity index (χ3v) is 2.88. The van der Waals surface area contributed by atoms with E-state index >= 15 is 0 Å². The number of rotatable bonds is 9. The van der Waals surface area contributed by atoms with Gasteiger partial charge in [0.2, 0.25) is 0 Å². The molecule has 0 aliphatic heterocycles. The summed E-state index contributed by atoms with van der Waals surface area (Å²) in [7, 11) is 0. The van der Waals surface area contributed by atoms with Crippen molar-refractivity contribution in [2.24, 2.45) is 27.9 Å². The molecule has 0 aliphatic rings. The first kappa shape index (κ1) is 25.7. The Morgan fingerprint density at radius 2 is 1.55 bits per heavy atom. The summed E-state index contributed by atoms with van der Waals surface area (Å²) in [5.41, 5.74) is 20.5. The third kappa shape index (κ3) is 18.8. The van der Waals surface area contributed by atoms with E-state index in [-0.39, 0.29) is 18.4 Å². The van der Waals surface area contributed by atoms with Crippen LogP contribution in [0, 0.1) is 0 Å². The van der Waals surface area contributed by atoms with Gasteiger partial charge in [-0.25, -0.2) is 0 Å². The van der Waals surface area contributed by atoms with E-state index in [1.165, 1.54) is 0 Å². The predicted octanol–water partition coefficient (Wildman–Crippen LogP) is -0.975. The molecule has 0 unspecified atom stereocenters. The molecular formula is C11H26ClN5O4S. The fourth-order valence-electron chi connectivity index (χ4n) is 1.01. The number of carboxylic acids is 2. The second-order valence-corrected chi connectivity index (χ2v) is 5.11. The van der Waals surface area contributed by atoms with E-state index in [9.17, 15) is 9.59 Å². The van der Waals surface area contributed by atoms with E-state index in [1.54, 1.807) is 11.8 Å². The number of nitrogens with two attached hydrogens (primary N) is 4. The average Bonchev–Trinajstić information content (AvgIpc) is 2.40. The Kier molecular flexibility index (Phi) is 18.9. The number of carboxylic acid groups (broad SMARTS) is 2. The highest BCUT2D eigenvalue weighted by Gasteiger charge is 2.09. The normalized spacial score (nSPS) is 12.0. The Bertz CT molecular complexity index is 342. The van der Waals surface area contributed by atoms with Crippen LogP contribution in [0.3, 0.4) is 0 Å². The van der Waals surface area contributed by atoms with E-state index in [0.717, 1.165) is 5.75 Å². The number of aliphatic imine (C=N–C) groups is 1. The van der Waals surface area contributed by atoms with Crippen LogP contribution in [0.25, 0.3) is 0 Å². The Morgan fingerprint density at radius 1 is 1.09 bits per heavy atom. The van der Waals surface area contributed by atoms with Gasteiger partial charge in [-0.2, -0.15) is 11.8 Å². The Labute approximate surface area is 140 Å². The lowest BCUT2D eigenvalue weighted by Crippen LogP contribution is -2.30. The maximum absolute atomic E-state index is 10.2. The lowest BCUT2D eigenvalue weighted by molar-refractivity contribution is -0.139. The average molecular weight is 360 g/mol. The molecule has 0 aromatic heterocycles. The van der Waals surface area contributed by atoms with Gasteiger partial charge >= 0.3 is 11.9 Å². The summed E-state index contributed by atoms with van der Waals surface area (Å²) in [6.45, 7) is 0.420. The summed E-state index contributed by atoms with van der Waals surface area (Å²) in [5, 5.41) is 16.7. The number of thioether (sulfide) groups is 1. The van der Waals surface area contributed by atoms with Gasteiger partial charge in [-0.05, 0) is 31.3 Å². The first-order valence-electron chi connectivity index (χ1n) is 6.23. The van der Waals surface area contributed by atoms with Gasteiger partial charge in [0.15, 0.2) is 5.96 Å². The zero-order valence-corrected chi connectivity index (χ0v) is 14.1. The number of carbonyl (C=O) groups is 2. The van der Waals surface area contributed by atoms with Crippen molar-refractivity contribution in [1.82, 2.24) is 0 Å². The summed E-state index contributed by atoms with van der Waals surface area (Å²) < 4.78 is 0. The summed E-state index contributed by atoms with van der Waals surface area (Å²) in [6, 6.07) is -1.50. The third-order valence-electron chi connectivity index (χ3n) is 2.23. The fourth-order valence-corrected chi connectivity index (χ4v) is 1.50. The number of aliphatic carboxylic acids is 2. The van der Waals surface area contributed by atoms with Gasteiger partial charge in [0.05, 0.1) is 0 Å². The van der Waals surface area contributed by atoms with Crippen LogP contribution in [0.4, 0.5) is 0 Å². The van der Waals surface area contributed by atoms with E-state index in [1.807, 2.05) is 6.26 Å². The summed E-state index contributed by atoms with van der Waals surface area (Å²) >= 11 is 1.60. The monoisotopic (exact) mass is 359 g/mol. The summed E-state index contributed by atoms with van der Waals surface area (Å²) in [6.07, 6.45) is 3.43. The second kappa shape index (κ2) is 16.1. The number of hydrogen-bond donors (Lipinski definition) is 6. The molecule has 2 atom stereocenters. The van der Waals surface area contributed by atoms with Crippen LogP contribution in [-0.4, -0.2) is 58.7 Å². The molecule has 0 amide bonds. The van der Waals surface area contributed by atoms with Crippen molar-refractivity contribution in [1.29, 1.82) is 0 Å². The van der Waals surface area contributed by atoms with E-state index in [4.69, 9.17) is 33.1 Å². The first-order valence-corrected chi connectivity index (χ1v) is 7.62. The van der Waals surface area contributed by atoms with Crippen LogP contribution in [0.1, 0.15) is 19.3 Å². The zero-order valence-electron chi connectivity index (χ0n) is 12.5. The van der Waals surface area contributed by atoms with Crippen LogP contribution in [0.15, 0.2) is 4.99 Å². The molecule has 0 spiro atoms. The highest BCUT2D eigenvalue weighted by atomic mass is 35.5. The van der Waals surface area contributed by atoms with Gasteiger partial charge in [-0.1, -0.05) is 0 Å². The minimum atomic E-state index is -1.00. The fraction of sp³-hybridized carbons (Fsp3) is 0.727. The Morgan fingerprint density at radius 3 is 1.91 bits per heavy atom. The Hall–Kier alpha value is -1.23. The van der Waals surface area contributed by atoms with Gasteiger partial charge in [0.1, 0.15) is 12.1 Å². The molecule has 0 fully saturated rings. The second-order valence-electron chi connectivity index (χ2n) is 4.12. The lowest BCUT2D eigenvalue weighted by Gasteiger charge is -2.03. The minimum Gasteiger partial charge on any atom is -0.480 e. The maximum Gasteiger partial charge on any atom is 0.320 e. The largest absolute Gasteiger partial charge is 0.480 e. The van der Waals surface area contributed by atoms with Crippen molar-refractivity contribution in [2.75, 3.05) is 18.6 Å². The van der Waals surface area contributed by atoms with Crippen molar-refractivity contribution >= 4 is 42.1 Å². The Balaban J connectivity index is -0.000000326. The van der Waals surface area contributed by atoms with Crippen molar-refractivity contribution in [2.45, 2.75) is 31.3 Å². The predicted molar refractivity (Wildman–Crippen MR) is 91.4 cm³/mol. The quantitative estimate of drug-likeness (QED) is 0.170. The molecular weight excluding hydrogens is 334 g/mol. The molecule has 10 N–H and O–H groups in total. The summed E-state index contributed by atoms with van der Waals surface area (Å²) in [4.78, 5) is 24.0. The van der Waals surface area contributed by atoms with Crippen molar-refractivity contribution in [3.05, 3.63) is 0 Å². The number of guanidine groups is 1. The van der Waals surface area contributed by atoms with Gasteiger partial charge in [0.25, 0.3) is 0 Å². The first-order chi connectivity index (χ1) is 9.72. The van der Waals surface area contributed by atoms with Crippen LogP contribution in [0.2, 0.25) is 0 Å². The van der Waals surface area contributed by atoms with Crippen LogP contribution < -0.4 is 22.9 Å². The molecule has 0 heterocycles. The van der Waals surface area contributed by atoms with E-state index in [2.05, 4.69) is 4.99 Å². The van der Waals surface area contributed by atoms with Crippen molar-refractivity contribution in [3.8, 4) is 0 Å². The lowest BCUT2D eigenvalue weighted by atomic mass is 10.2. The number of nitrogens with zero attached hydrogens (tertiary/aromatic N) is 1. The van der Waals surface area contributed by atoms with Crippen LogP contribution in [0.5, 0.6) is 0 Å². The van der Waals surface area contributed by atoms with Gasteiger partial charge in [-0.3, -0.25) is 14.6 Å². The molecule has 0 aromatic rings. The molecule has 0 saturated carbocycles. The van der Waals surface area contributed by atoms with Gasteiger partial charge < -0.3 is 33.1 Å². The van der Waals surface area contributed by atoms with Gasteiger partial charge in [-0.15, -0.1) is 12.4 Å². The number of hydrogen-bond acceptors (Lipinski definition) is 6. The van der Waals surface area contributed by atoms with Crippen molar-refractivity contribution in [3.63, 3.8) is 0 Å². The van der Waals surface area contributed by atoms with Crippen LogP contribution in [-0.2, 0) is 9.59 Å². The summed E-state index contributed by atoms with van der Waals surface area (Å²) in [5.74, 6) is -1.09. The number of halogens is 1. The molecule has 11 heteroatoms. The molecule has 132 valence electrons. The minimum absolute atomic E-state index is 0. The molecule has 0 radical (unpaired) electrons. The zero-order chi connectivity index (χ0) is 16.8. The molecule has 0 saturated heterocycles. The van der Waals surface area contributed by atoms with Gasteiger partial charge in [0, 0.05) is 6.54 Å².